The average Bonchev–Trinajstić information content (AvgIpc) is 2.69. The number of amides is 1. The summed E-state index contributed by atoms with van der Waals surface area (Å²) in [6.07, 6.45) is -3.92. The first-order valence-corrected chi connectivity index (χ1v) is 11.1. The molecule has 0 radical (unpaired) electrons. The largest absolute Gasteiger partial charge is 0.574 e. The SMILES string of the molecule is CS(=N)(=O)c1cccc(NC(=O)c2cc(OC(F)(F)F)nnc2Oc2ccc(F)cc2Cl)c1. The Hall–Kier alpha value is -3.45. The molecule has 1 amide bonds. The zero-order chi connectivity index (χ0) is 24.4. The molecule has 1 atom stereocenters. The minimum atomic E-state index is -5.10. The molecule has 0 spiro atoms. The van der Waals surface area contributed by atoms with Gasteiger partial charge in [0.15, 0.2) is 0 Å². The van der Waals surface area contributed by atoms with Crippen LogP contribution in [0.15, 0.2) is 53.4 Å². The van der Waals surface area contributed by atoms with E-state index in [2.05, 4.69) is 20.3 Å². The van der Waals surface area contributed by atoms with Crippen molar-refractivity contribution in [2.75, 3.05) is 11.6 Å². The molecule has 1 aromatic heterocycles. The van der Waals surface area contributed by atoms with Gasteiger partial charge in [-0.2, -0.15) is 0 Å². The third-order valence-electron chi connectivity index (χ3n) is 3.84. The lowest BCUT2D eigenvalue weighted by molar-refractivity contribution is -0.276. The topological polar surface area (TPSA) is 114 Å². The third-order valence-corrected chi connectivity index (χ3v) is 5.29. The van der Waals surface area contributed by atoms with E-state index in [1.54, 1.807) is 0 Å². The van der Waals surface area contributed by atoms with Crippen LogP contribution in [0.25, 0.3) is 0 Å². The van der Waals surface area contributed by atoms with Crippen LogP contribution in [-0.2, 0) is 9.73 Å². The van der Waals surface area contributed by atoms with Crippen molar-refractivity contribution in [1.82, 2.24) is 10.2 Å². The molecule has 2 N–H and O–H groups in total. The van der Waals surface area contributed by atoms with Gasteiger partial charge >= 0.3 is 6.36 Å². The number of alkyl halides is 3. The zero-order valence-electron chi connectivity index (χ0n) is 16.4. The predicted molar refractivity (Wildman–Crippen MR) is 110 cm³/mol. The molecule has 3 rings (SSSR count). The maximum absolute atomic E-state index is 13.3. The van der Waals surface area contributed by atoms with Crippen LogP contribution >= 0.6 is 11.6 Å². The third kappa shape index (κ3) is 6.52. The molecule has 0 aliphatic heterocycles. The van der Waals surface area contributed by atoms with Crippen LogP contribution < -0.4 is 14.8 Å². The van der Waals surface area contributed by atoms with Crippen molar-refractivity contribution < 1.29 is 36.0 Å². The summed E-state index contributed by atoms with van der Waals surface area (Å²) < 4.78 is 79.7. The second-order valence-corrected chi connectivity index (χ2v) is 9.02. The lowest BCUT2D eigenvalue weighted by Crippen LogP contribution is -2.20. The van der Waals surface area contributed by atoms with Crippen molar-refractivity contribution in [1.29, 1.82) is 4.78 Å². The fourth-order valence-corrected chi connectivity index (χ4v) is 3.34. The van der Waals surface area contributed by atoms with E-state index in [-0.39, 0.29) is 21.4 Å². The number of carbonyl (C=O) groups is 1. The number of hydrogen-bond donors (Lipinski definition) is 2. The Morgan fingerprint density at radius 3 is 2.52 bits per heavy atom. The first-order valence-electron chi connectivity index (χ1n) is 8.73. The van der Waals surface area contributed by atoms with Gasteiger partial charge < -0.3 is 14.8 Å². The Morgan fingerprint density at radius 1 is 1.15 bits per heavy atom. The van der Waals surface area contributed by atoms with Gasteiger partial charge in [-0.05, 0) is 36.4 Å². The molecule has 3 aromatic rings. The molecule has 0 saturated carbocycles. The molecule has 1 unspecified atom stereocenters. The fourth-order valence-electron chi connectivity index (χ4n) is 2.45. The first-order chi connectivity index (χ1) is 15.3. The number of aromatic nitrogens is 2. The standard InChI is InChI=1S/C19H13ClF4N4O4S/c1-33(25,30)12-4-2-3-11(8-12)26-17(29)13-9-16(32-19(22,23)24)27-28-18(13)31-15-6-5-10(21)7-14(15)20/h2-9,25H,1H3,(H,26,29). The molecule has 0 aliphatic rings. The van der Waals surface area contributed by atoms with Gasteiger partial charge in [-0.1, -0.05) is 17.7 Å². The lowest BCUT2D eigenvalue weighted by atomic mass is 10.2. The summed E-state index contributed by atoms with van der Waals surface area (Å²) in [6, 6.07) is 9.21. The maximum Gasteiger partial charge on any atom is 0.574 e. The molecule has 174 valence electrons. The van der Waals surface area contributed by atoms with Crippen LogP contribution in [0.1, 0.15) is 10.4 Å². The minimum absolute atomic E-state index is 0.0974. The van der Waals surface area contributed by atoms with Gasteiger partial charge in [0.1, 0.15) is 17.1 Å². The van der Waals surface area contributed by atoms with E-state index in [9.17, 15) is 26.6 Å². The highest BCUT2D eigenvalue weighted by molar-refractivity contribution is 7.91. The Morgan fingerprint density at radius 2 is 1.88 bits per heavy atom. The number of halogens is 5. The fraction of sp³-hybridized carbons (Fsp3) is 0.105. The Kier molecular flexibility index (Phi) is 6.74. The van der Waals surface area contributed by atoms with Crippen LogP contribution in [0, 0.1) is 10.6 Å². The van der Waals surface area contributed by atoms with Gasteiger partial charge in [0.05, 0.1) is 14.8 Å². The maximum atomic E-state index is 13.3. The summed E-state index contributed by atoms with van der Waals surface area (Å²) in [5.74, 6) is -3.40. The number of carbonyl (C=O) groups excluding carboxylic acids is 1. The van der Waals surface area contributed by atoms with E-state index in [1.807, 2.05) is 0 Å². The molecule has 14 heteroatoms. The highest BCUT2D eigenvalue weighted by Crippen LogP contribution is 2.32. The van der Waals surface area contributed by atoms with Crippen LogP contribution in [-0.4, -0.2) is 32.9 Å². The van der Waals surface area contributed by atoms with Gasteiger partial charge in [-0.3, -0.25) is 4.79 Å². The van der Waals surface area contributed by atoms with Gasteiger partial charge in [0, 0.05) is 22.9 Å². The normalized spacial score (nSPS) is 13.2. The van der Waals surface area contributed by atoms with Gasteiger partial charge in [-0.15, -0.1) is 23.4 Å². The predicted octanol–water partition coefficient (Wildman–Crippen LogP) is 5.25. The van der Waals surface area contributed by atoms with Gasteiger partial charge in [0.25, 0.3) is 11.8 Å². The zero-order valence-corrected chi connectivity index (χ0v) is 18.0. The molecule has 0 fully saturated rings. The summed E-state index contributed by atoms with van der Waals surface area (Å²) in [5, 5.41) is 8.87. The van der Waals surface area contributed by atoms with Crippen molar-refractivity contribution in [3.8, 4) is 17.5 Å². The van der Waals surface area contributed by atoms with Crippen LogP contribution in [0.3, 0.4) is 0 Å². The summed E-state index contributed by atoms with van der Waals surface area (Å²) >= 11 is 5.89. The smallest absolute Gasteiger partial charge is 0.435 e. The quantitative estimate of drug-likeness (QED) is 0.443. The monoisotopic (exact) mass is 504 g/mol. The summed E-state index contributed by atoms with van der Waals surface area (Å²) in [4.78, 5) is 13.0. The minimum Gasteiger partial charge on any atom is -0.435 e. The second-order valence-electron chi connectivity index (χ2n) is 6.45. The van der Waals surface area contributed by atoms with Crippen LogP contribution in [0.4, 0.5) is 23.2 Å². The number of benzene rings is 2. The number of nitrogens with zero attached hydrogens (tertiary/aromatic N) is 2. The second kappa shape index (κ2) is 9.19. The van der Waals surface area contributed by atoms with E-state index < -0.39 is 45.1 Å². The van der Waals surface area contributed by atoms with Crippen LogP contribution in [0.2, 0.25) is 5.02 Å². The molecule has 1 heterocycles. The van der Waals surface area contributed by atoms with Crippen LogP contribution in [0.5, 0.6) is 17.5 Å². The van der Waals surface area contributed by atoms with E-state index in [0.29, 0.717) is 6.07 Å². The van der Waals surface area contributed by atoms with E-state index in [0.717, 1.165) is 18.2 Å². The Bertz CT molecular complexity index is 1320. The van der Waals surface area contributed by atoms with E-state index in [4.69, 9.17) is 21.1 Å². The Balaban J connectivity index is 1.99. The molecule has 0 aliphatic carbocycles. The number of rotatable bonds is 6. The highest BCUT2D eigenvalue weighted by Gasteiger charge is 2.33. The summed E-state index contributed by atoms with van der Waals surface area (Å²) in [6.45, 7) is 0. The summed E-state index contributed by atoms with van der Waals surface area (Å²) in [5.41, 5.74) is -0.432. The number of anilines is 1. The molecular formula is C19H13ClF4N4O4S. The van der Waals surface area contributed by atoms with Gasteiger partial charge in [0.2, 0.25) is 5.88 Å². The molecule has 0 saturated heterocycles. The van der Waals surface area contributed by atoms with Gasteiger partial charge in [-0.25, -0.2) is 13.4 Å². The molecule has 33 heavy (non-hydrogen) atoms. The number of nitrogens with one attached hydrogen (secondary N) is 2. The first kappa shape index (κ1) is 24.2. The molecule has 0 bridgehead atoms. The molecule has 2 aromatic carbocycles. The number of hydrogen-bond acceptors (Lipinski definition) is 7. The van der Waals surface area contributed by atoms with Crippen molar-refractivity contribution in [2.24, 2.45) is 0 Å². The van der Waals surface area contributed by atoms with E-state index >= 15 is 0 Å². The van der Waals surface area contributed by atoms with Crippen molar-refractivity contribution in [3.05, 3.63) is 64.9 Å². The molecule has 8 nitrogen and oxygen atoms in total. The van der Waals surface area contributed by atoms with Crippen molar-refractivity contribution in [3.63, 3.8) is 0 Å². The Labute approximate surface area is 189 Å². The number of ether oxygens (including phenoxy) is 2. The lowest BCUT2D eigenvalue weighted by Gasteiger charge is -2.13. The summed E-state index contributed by atoms with van der Waals surface area (Å²) in [7, 11) is -3.10. The van der Waals surface area contributed by atoms with E-state index in [1.165, 1.54) is 30.5 Å². The average molecular weight is 505 g/mol. The highest BCUT2D eigenvalue weighted by atomic mass is 35.5. The molecular weight excluding hydrogens is 492 g/mol. The van der Waals surface area contributed by atoms with Crippen molar-refractivity contribution >= 4 is 32.9 Å². The van der Waals surface area contributed by atoms with Crippen molar-refractivity contribution in [2.45, 2.75) is 11.3 Å².